The van der Waals surface area contributed by atoms with Crippen molar-refractivity contribution < 1.29 is 14.7 Å². The maximum absolute atomic E-state index is 11.9. The zero-order valence-corrected chi connectivity index (χ0v) is 9.51. The van der Waals surface area contributed by atoms with Gasteiger partial charge in [0.15, 0.2) is 0 Å². The average molecular weight is 231 g/mol. The molecule has 0 heterocycles. The molecule has 0 aliphatic rings. The van der Waals surface area contributed by atoms with Gasteiger partial charge in [0.2, 0.25) is 0 Å². The van der Waals surface area contributed by atoms with E-state index < -0.39 is 5.97 Å². The van der Waals surface area contributed by atoms with Crippen molar-refractivity contribution in [2.75, 3.05) is 13.1 Å². The van der Waals surface area contributed by atoms with Gasteiger partial charge >= 0.3 is 5.97 Å². The number of likely N-dealkylation sites (N-methyl/N-ethyl adjacent to an activating group) is 1. The Morgan fingerprint density at radius 2 is 1.94 bits per heavy atom. The number of hydrogen-bond donors (Lipinski definition) is 1. The lowest BCUT2D eigenvalue weighted by atomic mass is 10.1. The highest BCUT2D eigenvalue weighted by molar-refractivity contribution is 5.95. The highest BCUT2D eigenvalue weighted by Gasteiger charge is 2.16. The lowest BCUT2D eigenvalue weighted by Crippen LogP contribution is -2.35. The molecule has 1 N–H and O–H groups in total. The number of benzene rings is 1. The molecule has 1 aromatic rings. The van der Waals surface area contributed by atoms with Crippen LogP contribution in [0.2, 0.25) is 0 Å². The second-order valence-electron chi connectivity index (χ2n) is 3.43. The maximum Gasteiger partial charge on any atom is 0.323 e. The van der Waals surface area contributed by atoms with Gasteiger partial charge in [-0.1, -0.05) is 5.92 Å². The molecule has 1 aromatic carbocycles. The van der Waals surface area contributed by atoms with Crippen LogP contribution in [0, 0.1) is 12.3 Å². The van der Waals surface area contributed by atoms with Crippen molar-refractivity contribution >= 4 is 11.9 Å². The highest BCUT2D eigenvalue weighted by atomic mass is 16.4. The molecular formula is C13H13NO3. The molecular weight excluding hydrogens is 218 g/mol. The van der Waals surface area contributed by atoms with Crippen LogP contribution in [0.15, 0.2) is 24.3 Å². The van der Waals surface area contributed by atoms with Crippen molar-refractivity contribution in [2.45, 2.75) is 6.92 Å². The molecule has 0 bridgehead atoms. The normalized spacial score (nSPS) is 9.41. The van der Waals surface area contributed by atoms with Gasteiger partial charge in [-0.05, 0) is 31.2 Å². The molecule has 88 valence electrons. The molecule has 0 saturated heterocycles. The molecule has 1 amide bonds. The number of carbonyl (C=O) groups excluding carboxylic acids is 1. The summed E-state index contributed by atoms with van der Waals surface area (Å²) < 4.78 is 0. The molecule has 0 spiro atoms. The second kappa shape index (κ2) is 5.71. The first-order chi connectivity index (χ1) is 8.08. The van der Waals surface area contributed by atoms with E-state index in [1.807, 2.05) is 0 Å². The minimum Gasteiger partial charge on any atom is -0.480 e. The van der Waals surface area contributed by atoms with E-state index in [1.54, 1.807) is 31.2 Å². The Morgan fingerprint density at radius 1 is 1.35 bits per heavy atom. The summed E-state index contributed by atoms with van der Waals surface area (Å²) >= 11 is 0. The summed E-state index contributed by atoms with van der Waals surface area (Å²) in [5.41, 5.74) is 1.12. The minimum absolute atomic E-state index is 0.299. The Morgan fingerprint density at radius 3 is 2.35 bits per heavy atom. The predicted molar refractivity (Wildman–Crippen MR) is 63.6 cm³/mol. The number of terminal acetylenes is 1. The standard InChI is InChI=1S/C13H13NO3/c1-3-10-5-7-11(8-6-10)13(17)14(4-2)9-12(15)16/h1,5-8H,4,9H2,2H3,(H,15,16). The van der Waals surface area contributed by atoms with Crippen LogP contribution in [0.4, 0.5) is 0 Å². The van der Waals surface area contributed by atoms with Gasteiger partial charge in [0, 0.05) is 17.7 Å². The number of carbonyl (C=O) groups is 2. The summed E-state index contributed by atoms with van der Waals surface area (Å²) in [6, 6.07) is 6.51. The third-order valence-electron chi connectivity index (χ3n) is 2.29. The Hall–Kier alpha value is -2.28. The molecule has 0 aromatic heterocycles. The third-order valence-corrected chi connectivity index (χ3v) is 2.29. The highest BCUT2D eigenvalue weighted by Crippen LogP contribution is 2.07. The fourth-order valence-electron chi connectivity index (χ4n) is 1.38. The van der Waals surface area contributed by atoms with Crippen LogP contribution in [0.1, 0.15) is 22.8 Å². The SMILES string of the molecule is C#Cc1ccc(C(=O)N(CC)CC(=O)O)cc1. The van der Waals surface area contributed by atoms with Crippen LogP contribution < -0.4 is 0 Å². The Balaban J connectivity index is 2.86. The lowest BCUT2D eigenvalue weighted by Gasteiger charge is -2.18. The van der Waals surface area contributed by atoms with Crippen molar-refractivity contribution in [3.8, 4) is 12.3 Å². The van der Waals surface area contributed by atoms with Gasteiger partial charge in [-0.15, -0.1) is 6.42 Å². The molecule has 0 fully saturated rings. The first-order valence-corrected chi connectivity index (χ1v) is 5.16. The molecule has 0 aliphatic heterocycles. The molecule has 4 heteroatoms. The van der Waals surface area contributed by atoms with E-state index in [9.17, 15) is 9.59 Å². The molecule has 17 heavy (non-hydrogen) atoms. The van der Waals surface area contributed by atoms with Gasteiger partial charge in [0.1, 0.15) is 6.54 Å². The van der Waals surface area contributed by atoms with Crippen LogP contribution in [0.3, 0.4) is 0 Å². The summed E-state index contributed by atoms with van der Waals surface area (Å²) in [7, 11) is 0. The summed E-state index contributed by atoms with van der Waals surface area (Å²) in [5, 5.41) is 8.67. The molecule has 0 radical (unpaired) electrons. The first kappa shape index (κ1) is 12.8. The topological polar surface area (TPSA) is 57.6 Å². The average Bonchev–Trinajstić information content (AvgIpc) is 2.35. The number of nitrogens with zero attached hydrogens (tertiary/aromatic N) is 1. The van der Waals surface area contributed by atoms with Crippen LogP contribution in [0.25, 0.3) is 0 Å². The molecule has 0 atom stereocenters. The van der Waals surface area contributed by atoms with Crippen LogP contribution in [-0.2, 0) is 4.79 Å². The monoisotopic (exact) mass is 231 g/mol. The van der Waals surface area contributed by atoms with Gasteiger partial charge in [-0.25, -0.2) is 0 Å². The quantitative estimate of drug-likeness (QED) is 0.792. The van der Waals surface area contributed by atoms with E-state index in [4.69, 9.17) is 11.5 Å². The van der Waals surface area contributed by atoms with Crippen molar-refractivity contribution in [3.05, 3.63) is 35.4 Å². The van der Waals surface area contributed by atoms with E-state index in [-0.39, 0.29) is 12.5 Å². The van der Waals surface area contributed by atoms with Gasteiger partial charge in [-0.2, -0.15) is 0 Å². The van der Waals surface area contributed by atoms with Crippen LogP contribution in [-0.4, -0.2) is 35.0 Å². The third kappa shape index (κ3) is 3.35. The lowest BCUT2D eigenvalue weighted by molar-refractivity contribution is -0.137. The predicted octanol–water partition coefficient (Wildman–Crippen LogP) is 1.21. The van der Waals surface area contributed by atoms with E-state index in [0.29, 0.717) is 17.7 Å². The smallest absolute Gasteiger partial charge is 0.323 e. The first-order valence-electron chi connectivity index (χ1n) is 5.16. The zero-order chi connectivity index (χ0) is 12.8. The summed E-state index contributed by atoms with van der Waals surface area (Å²) in [5.74, 6) is 1.12. The number of aliphatic carboxylic acids is 1. The van der Waals surface area contributed by atoms with E-state index >= 15 is 0 Å². The van der Waals surface area contributed by atoms with Gasteiger partial charge in [0.25, 0.3) is 5.91 Å². The molecule has 0 saturated carbocycles. The van der Waals surface area contributed by atoms with Crippen molar-refractivity contribution in [2.24, 2.45) is 0 Å². The van der Waals surface area contributed by atoms with Crippen LogP contribution in [0.5, 0.6) is 0 Å². The maximum atomic E-state index is 11.9. The van der Waals surface area contributed by atoms with Crippen molar-refractivity contribution in [1.29, 1.82) is 0 Å². The molecule has 1 rings (SSSR count). The van der Waals surface area contributed by atoms with Gasteiger partial charge < -0.3 is 10.0 Å². The minimum atomic E-state index is -1.03. The Bertz CT molecular complexity index is 457. The van der Waals surface area contributed by atoms with Gasteiger partial charge in [-0.3, -0.25) is 9.59 Å². The summed E-state index contributed by atoms with van der Waals surface area (Å²) in [4.78, 5) is 23.8. The number of hydrogen-bond acceptors (Lipinski definition) is 2. The van der Waals surface area contributed by atoms with Crippen LogP contribution >= 0.6 is 0 Å². The number of rotatable bonds is 4. The van der Waals surface area contributed by atoms with E-state index in [2.05, 4.69) is 5.92 Å². The molecule has 0 aliphatic carbocycles. The second-order valence-corrected chi connectivity index (χ2v) is 3.43. The fraction of sp³-hybridized carbons (Fsp3) is 0.231. The van der Waals surface area contributed by atoms with E-state index in [0.717, 1.165) is 0 Å². The largest absolute Gasteiger partial charge is 0.480 e. The Labute approximate surface area is 99.9 Å². The van der Waals surface area contributed by atoms with Crippen molar-refractivity contribution in [3.63, 3.8) is 0 Å². The summed E-state index contributed by atoms with van der Waals surface area (Å²) in [6.07, 6.45) is 5.20. The fourth-order valence-corrected chi connectivity index (χ4v) is 1.38. The molecule has 0 unspecified atom stereocenters. The number of amides is 1. The van der Waals surface area contributed by atoms with Gasteiger partial charge in [0.05, 0.1) is 0 Å². The van der Waals surface area contributed by atoms with Crippen molar-refractivity contribution in [1.82, 2.24) is 4.90 Å². The Kier molecular flexibility index (Phi) is 4.29. The number of carboxylic acid groups (broad SMARTS) is 1. The van der Waals surface area contributed by atoms with E-state index in [1.165, 1.54) is 4.90 Å². The molecule has 4 nitrogen and oxygen atoms in total. The summed E-state index contributed by atoms with van der Waals surface area (Å²) in [6.45, 7) is 1.78. The number of carboxylic acids is 1. The zero-order valence-electron chi connectivity index (χ0n) is 9.51.